The van der Waals surface area contributed by atoms with Gasteiger partial charge in [-0.2, -0.15) is 0 Å². The summed E-state index contributed by atoms with van der Waals surface area (Å²) in [4.78, 5) is 31.7. The van der Waals surface area contributed by atoms with Gasteiger partial charge >= 0.3 is 0 Å². The molecule has 0 aliphatic carbocycles. The lowest BCUT2D eigenvalue weighted by Gasteiger charge is -2.28. The molecule has 0 bridgehead atoms. The first-order valence-corrected chi connectivity index (χ1v) is 11.2. The van der Waals surface area contributed by atoms with Gasteiger partial charge in [-0.25, -0.2) is 13.4 Å². The van der Waals surface area contributed by atoms with Gasteiger partial charge < -0.3 is 4.90 Å². The Hall–Kier alpha value is -3.00. The molecule has 1 atom stereocenters. The van der Waals surface area contributed by atoms with E-state index in [4.69, 9.17) is 0 Å². The van der Waals surface area contributed by atoms with Crippen LogP contribution in [0, 0.1) is 0 Å². The highest BCUT2D eigenvalue weighted by atomic mass is 32.2. The molecule has 1 fully saturated rings. The van der Waals surface area contributed by atoms with Crippen molar-refractivity contribution in [3.8, 4) is 0 Å². The lowest BCUT2D eigenvalue weighted by molar-refractivity contribution is -0.134. The third kappa shape index (κ3) is 4.22. The van der Waals surface area contributed by atoms with Crippen LogP contribution in [0.1, 0.15) is 12.0 Å². The summed E-state index contributed by atoms with van der Waals surface area (Å²) in [7, 11) is -3.15. The van der Waals surface area contributed by atoms with Gasteiger partial charge in [0.1, 0.15) is 6.54 Å². The SMILES string of the molecule is O=C(Cn1cnc2ccccc2c1=O)N(Cc1ccccc1)[C@@H]1CCS(=O)(=O)C1. The van der Waals surface area contributed by atoms with Crippen molar-refractivity contribution in [3.05, 3.63) is 76.8 Å². The van der Waals surface area contributed by atoms with Gasteiger partial charge in [0.05, 0.1) is 28.7 Å². The molecule has 0 unspecified atom stereocenters. The summed E-state index contributed by atoms with van der Waals surface area (Å²) in [6.07, 6.45) is 1.78. The van der Waals surface area contributed by atoms with Crippen LogP contribution < -0.4 is 5.56 Å². The number of benzene rings is 2. The standard InChI is InChI=1S/C21H21N3O4S/c25-20(13-23-15-22-19-9-5-4-8-18(19)21(23)26)24(12-16-6-2-1-3-7-16)17-10-11-29(27,28)14-17/h1-9,15,17H,10-14H2/t17-/m1/s1. The minimum Gasteiger partial charge on any atom is -0.333 e. The molecule has 29 heavy (non-hydrogen) atoms. The van der Waals surface area contributed by atoms with E-state index in [-0.39, 0.29) is 29.5 Å². The van der Waals surface area contributed by atoms with Gasteiger partial charge in [0, 0.05) is 12.6 Å². The topological polar surface area (TPSA) is 89.3 Å². The summed E-state index contributed by atoms with van der Waals surface area (Å²) in [5, 5.41) is 0.445. The van der Waals surface area contributed by atoms with E-state index in [9.17, 15) is 18.0 Å². The van der Waals surface area contributed by atoms with Crippen molar-refractivity contribution in [2.45, 2.75) is 25.6 Å². The molecule has 4 rings (SSSR count). The molecule has 1 amide bonds. The Labute approximate surface area is 168 Å². The van der Waals surface area contributed by atoms with Gasteiger partial charge in [0.15, 0.2) is 9.84 Å². The summed E-state index contributed by atoms with van der Waals surface area (Å²) >= 11 is 0. The zero-order chi connectivity index (χ0) is 20.4. The molecule has 0 radical (unpaired) electrons. The van der Waals surface area contributed by atoms with Crippen molar-refractivity contribution in [2.75, 3.05) is 11.5 Å². The first-order chi connectivity index (χ1) is 13.9. The Morgan fingerprint density at radius 3 is 2.55 bits per heavy atom. The molecule has 0 spiro atoms. The minimum absolute atomic E-state index is 0.0452. The first-order valence-electron chi connectivity index (χ1n) is 9.41. The average molecular weight is 411 g/mol. The van der Waals surface area contributed by atoms with E-state index in [1.54, 1.807) is 29.2 Å². The van der Waals surface area contributed by atoms with E-state index >= 15 is 0 Å². The molecule has 1 saturated heterocycles. The fourth-order valence-corrected chi connectivity index (χ4v) is 5.41. The van der Waals surface area contributed by atoms with Crippen LogP contribution in [-0.2, 0) is 27.7 Å². The fourth-order valence-electron chi connectivity index (χ4n) is 3.68. The van der Waals surface area contributed by atoms with Crippen LogP contribution in [-0.4, -0.2) is 46.3 Å². The van der Waals surface area contributed by atoms with Crippen molar-refractivity contribution in [3.63, 3.8) is 0 Å². The molecule has 1 aliphatic heterocycles. The third-order valence-electron chi connectivity index (χ3n) is 5.20. The normalized spacial score (nSPS) is 18.0. The zero-order valence-corrected chi connectivity index (χ0v) is 16.6. The summed E-state index contributed by atoms with van der Waals surface area (Å²) in [5.74, 6) is -0.264. The fraction of sp³-hybridized carbons (Fsp3) is 0.286. The summed E-state index contributed by atoms with van der Waals surface area (Å²) in [6, 6.07) is 16.0. The van der Waals surface area contributed by atoms with Crippen molar-refractivity contribution in [1.82, 2.24) is 14.5 Å². The molecule has 150 valence electrons. The number of fused-ring (bicyclic) bond motifs is 1. The number of aromatic nitrogens is 2. The molecule has 3 aromatic rings. The maximum absolute atomic E-state index is 13.1. The number of amides is 1. The molecule has 1 aromatic heterocycles. The number of hydrogen-bond acceptors (Lipinski definition) is 5. The molecular weight excluding hydrogens is 390 g/mol. The van der Waals surface area contributed by atoms with Crippen molar-refractivity contribution < 1.29 is 13.2 Å². The second-order valence-electron chi connectivity index (χ2n) is 7.26. The maximum atomic E-state index is 13.1. The van der Waals surface area contributed by atoms with Gasteiger partial charge in [-0.15, -0.1) is 0 Å². The maximum Gasteiger partial charge on any atom is 0.261 e. The number of carbonyl (C=O) groups is 1. The van der Waals surface area contributed by atoms with E-state index in [1.165, 1.54) is 10.9 Å². The van der Waals surface area contributed by atoms with E-state index in [2.05, 4.69) is 4.98 Å². The molecule has 1 aliphatic rings. The third-order valence-corrected chi connectivity index (χ3v) is 6.95. The first kappa shape index (κ1) is 19.3. The van der Waals surface area contributed by atoms with E-state index in [0.29, 0.717) is 23.9 Å². The number of nitrogens with zero attached hydrogens (tertiary/aromatic N) is 3. The van der Waals surface area contributed by atoms with Gasteiger partial charge in [-0.1, -0.05) is 42.5 Å². The Morgan fingerprint density at radius 2 is 1.83 bits per heavy atom. The molecule has 0 saturated carbocycles. The Bertz CT molecular complexity index is 1210. The molecular formula is C21H21N3O4S. The lowest BCUT2D eigenvalue weighted by Crippen LogP contribution is -2.43. The lowest BCUT2D eigenvalue weighted by atomic mass is 10.1. The van der Waals surface area contributed by atoms with Crippen molar-refractivity contribution in [2.24, 2.45) is 0 Å². The summed E-state index contributed by atoms with van der Waals surface area (Å²) < 4.78 is 25.2. The highest BCUT2D eigenvalue weighted by Gasteiger charge is 2.34. The van der Waals surface area contributed by atoms with Gasteiger partial charge in [0.25, 0.3) is 5.56 Å². The van der Waals surface area contributed by atoms with Crippen LogP contribution in [0.25, 0.3) is 10.9 Å². The van der Waals surface area contributed by atoms with E-state index in [0.717, 1.165) is 5.56 Å². The molecule has 8 heteroatoms. The predicted octanol–water partition coefficient (Wildman–Crippen LogP) is 1.61. The number of hydrogen-bond donors (Lipinski definition) is 0. The smallest absolute Gasteiger partial charge is 0.261 e. The highest BCUT2D eigenvalue weighted by Crippen LogP contribution is 2.20. The largest absolute Gasteiger partial charge is 0.333 e. The van der Waals surface area contributed by atoms with Crippen LogP contribution in [0.15, 0.2) is 65.7 Å². The van der Waals surface area contributed by atoms with Crippen molar-refractivity contribution >= 4 is 26.6 Å². The predicted molar refractivity (Wildman–Crippen MR) is 110 cm³/mol. The Kier molecular flexibility index (Phi) is 5.19. The molecule has 7 nitrogen and oxygen atoms in total. The van der Waals surface area contributed by atoms with Crippen LogP contribution in [0.4, 0.5) is 0 Å². The molecule has 2 heterocycles. The zero-order valence-electron chi connectivity index (χ0n) is 15.8. The molecule has 0 N–H and O–H groups in total. The molecule has 2 aromatic carbocycles. The number of para-hydroxylation sites is 1. The van der Waals surface area contributed by atoms with Gasteiger partial charge in [-0.05, 0) is 24.1 Å². The average Bonchev–Trinajstić information content (AvgIpc) is 3.08. The summed E-state index contributed by atoms with van der Waals surface area (Å²) in [6.45, 7) is 0.121. The number of sulfone groups is 1. The van der Waals surface area contributed by atoms with Crippen LogP contribution in [0.5, 0.6) is 0 Å². The quantitative estimate of drug-likeness (QED) is 0.636. The summed E-state index contributed by atoms with van der Waals surface area (Å²) in [5.41, 5.74) is 1.20. The minimum atomic E-state index is -3.15. The van der Waals surface area contributed by atoms with Crippen LogP contribution in [0.2, 0.25) is 0 Å². The van der Waals surface area contributed by atoms with Crippen LogP contribution in [0.3, 0.4) is 0 Å². The monoisotopic (exact) mass is 411 g/mol. The van der Waals surface area contributed by atoms with E-state index < -0.39 is 15.9 Å². The second kappa shape index (κ2) is 7.79. The number of rotatable bonds is 5. The van der Waals surface area contributed by atoms with Gasteiger partial charge in [0.2, 0.25) is 5.91 Å². The van der Waals surface area contributed by atoms with E-state index in [1.807, 2.05) is 30.3 Å². The Morgan fingerprint density at radius 1 is 1.10 bits per heavy atom. The highest BCUT2D eigenvalue weighted by molar-refractivity contribution is 7.91. The number of carbonyl (C=O) groups excluding carboxylic acids is 1. The van der Waals surface area contributed by atoms with Gasteiger partial charge in [-0.3, -0.25) is 14.2 Å². The van der Waals surface area contributed by atoms with Crippen LogP contribution >= 0.6 is 0 Å². The Balaban J connectivity index is 1.63. The second-order valence-corrected chi connectivity index (χ2v) is 9.49. The van der Waals surface area contributed by atoms with Crippen molar-refractivity contribution in [1.29, 1.82) is 0 Å².